The lowest BCUT2D eigenvalue weighted by Gasteiger charge is -2.27. The van der Waals surface area contributed by atoms with Gasteiger partial charge in [-0.15, -0.1) is 24.8 Å². The monoisotopic (exact) mass is 567 g/mol. The molecule has 0 radical (unpaired) electrons. The predicted octanol–water partition coefficient (Wildman–Crippen LogP) is 5.10. The van der Waals surface area contributed by atoms with E-state index in [2.05, 4.69) is 15.2 Å². The molecule has 2 aromatic heterocycles. The van der Waals surface area contributed by atoms with Gasteiger partial charge in [0.2, 0.25) is 11.7 Å². The van der Waals surface area contributed by atoms with Gasteiger partial charge in [0.15, 0.2) is 28.5 Å². The number of anilines is 2. The Morgan fingerprint density at radius 2 is 1.58 bits per heavy atom. The van der Waals surface area contributed by atoms with Crippen molar-refractivity contribution >= 4 is 47.7 Å². The van der Waals surface area contributed by atoms with Crippen molar-refractivity contribution in [2.75, 3.05) is 32.0 Å². The van der Waals surface area contributed by atoms with Crippen LogP contribution in [-0.2, 0) is 6.54 Å². The van der Waals surface area contributed by atoms with Crippen molar-refractivity contribution in [3.63, 3.8) is 0 Å². The maximum atomic E-state index is 6.11. The van der Waals surface area contributed by atoms with E-state index >= 15 is 0 Å². The number of ether oxygens (including phenoxy) is 3. The van der Waals surface area contributed by atoms with E-state index in [1.54, 1.807) is 21.3 Å². The molecule has 2 saturated carbocycles. The third-order valence-electron chi connectivity index (χ3n) is 7.43. The van der Waals surface area contributed by atoms with Gasteiger partial charge in [-0.1, -0.05) is 12.8 Å². The minimum atomic E-state index is 0. The van der Waals surface area contributed by atoms with Crippen molar-refractivity contribution in [3.8, 4) is 17.2 Å². The fraction of sp³-hybridized carbons (Fsp3) is 0.577. The van der Waals surface area contributed by atoms with Crippen molar-refractivity contribution in [1.82, 2.24) is 19.5 Å². The number of methoxy groups -OCH3 is 3. The number of imidazole rings is 1. The minimum absolute atomic E-state index is 0. The molecular weight excluding hydrogens is 529 g/mol. The van der Waals surface area contributed by atoms with E-state index in [1.165, 1.54) is 12.8 Å². The summed E-state index contributed by atoms with van der Waals surface area (Å²) in [6, 6.07) is 4.94. The average molecular weight is 569 g/mol. The molecule has 210 valence electrons. The summed E-state index contributed by atoms with van der Waals surface area (Å²) in [7, 11) is 4.84. The Hall–Kier alpha value is -2.69. The fourth-order valence-corrected chi connectivity index (χ4v) is 5.42. The van der Waals surface area contributed by atoms with Gasteiger partial charge in [0.1, 0.15) is 0 Å². The Morgan fingerprint density at radius 1 is 0.921 bits per heavy atom. The first-order valence-electron chi connectivity index (χ1n) is 12.9. The normalized spacial score (nSPS) is 19.4. The Kier molecular flexibility index (Phi) is 10.5. The van der Waals surface area contributed by atoms with Crippen molar-refractivity contribution in [1.29, 1.82) is 0 Å². The number of nitrogens with two attached hydrogens (primary N) is 1. The summed E-state index contributed by atoms with van der Waals surface area (Å²) in [5.74, 6) is 3.15. The van der Waals surface area contributed by atoms with Crippen molar-refractivity contribution in [2.45, 2.75) is 76.0 Å². The second-order valence-corrected chi connectivity index (χ2v) is 9.80. The molecule has 0 aliphatic heterocycles. The molecule has 3 aromatic rings. The van der Waals surface area contributed by atoms with Crippen LogP contribution in [0, 0.1) is 0 Å². The van der Waals surface area contributed by atoms with Gasteiger partial charge in [0.05, 0.1) is 27.7 Å². The third-order valence-corrected chi connectivity index (χ3v) is 7.43. The van der Waals surface area contributed by atoms with Crippen LogP contribution in [0.1, 0.15) is 63.0 Å². The van der Waals surface area contributed by atoms with Crippen LogP contribution in [0.2, 0.25) is 0 Å². The van der Waals surface area contributed by atoms with Crippen LogP contribution in [-0.4, -0.2) is 52.9 Å². The van der Waals surface area contributed by atoms with Gasteiger partial charge in [0, 0.05) is 24.7 Å². The maximum absolute atomic E-state index is 6.11. The molecule has 0 atom stereocenters. The molecule has 10 nitrogen and oxygen atoms in total. The molecule has 4 N–H and O–H groups in total. The number of hydrogen-bond donors (Lipinski definition) is 3. The summed E-state index contributed by atoms with van der Waals surface area (Å²) in [5.41, 5.74) is 8.74. The highest BCUT2D eigenvalue weighted by molar-refractivity contribution is 5.86. The van der Waals surface area contributed by atoms with E-state index in [4.69, 9.17) is 34.9 Å². The highest BCUT2D eigenvalue weighted by Crippen LogP contribution is 2.39. The molecule has 12 heteroatoms. The van der Waals surface area contributed by atoms with E-state index in [9.17, 15) is 0 Å². The van der Waals surface area contributed by atoms with Crippen LogP contribution in [0.25, 0.3) is 11.2 Å². The van der Waals surface area contributed by atoms with Crippen LogP contribution in [0.3, 0.4) is 0 Å². The van der Waals surface area contributed by atoms with Crippen molar-refractivity contribution in [3.05, 3.63) is 24.0 Å². The Balaban J connectivity index is 0.00000200. The number of aromatic nitrogens is 4. The SMILES string of the molecule is COc1cc(CNc2nc(NC3CCC(N)CC3)nc3c2ncn3C2CCCC2)cc(OC)c1OC.Cl.Cl. The van der Waals surface area contributed by atoms with Crippen LogP contribution >= 0.6 is 24.8 Å². The molecule has 2 aliphatic rings. The van der Waals surface area contributed by atoms with Gasteiger partial charge in [-0.3, -0.25) is 0 Å². The lowest BCUT2D eigenvalue weighted by molar-refractivity contribution is 0.324. The molecular formula is C26H39Cl2N7O3. The molecule has 0 bridgehead atoms. The topological polar surface area (TPSA) is 121 Å². The number of halogens is 2. The number of nitrogens with one attached hydrogen (secondary N) is 2. The van der Waals surface area contributed by atoms with Crippen molar-refractivity contribution in [2.24, 2.45) is 5.73 Å². The van der Waals surface area contributed by atoms with Gasteiger partial charge in [-0.25, -0.2) is 4.98 Å². The van der Waals surface area contributed by atoms with E-state index < -0.39 is 0 Å². The summed E-state index contributed by atoms with van der Waals surface area (Å²) in [6.45, 7) is 0.511. The Labute approximate surface area is 236 Å². The molecule has 5 rings (SSSR count). The molecule has 2 fully saturated rings. The smallest absolute Gasteiger partial charge is 0.227 e. The first-order valence-corrected chi connectivity index (χ1v) is 12.9. The van der Waals surface area contributed by atoms with E-state index in [0.29, 0.717) is 53.7 Å². The number of fused-ring (bicyclic) bond motifs is 1. The van der Waals surface area contributed by atoms with Crippen LogP contribution in [0.4, 0.5) is 11.8 Å². The van der Waals surface area contributed by atoms with E-state index in [-0.39, 0.29) is 24.8 Å². The molecule has 0 spiro atoms. The van der Waals surface area contributed by atoms with Crippen LogP contribution in [0.15, 0.2) is 18.5 Å². The summed E-state index contributed by atoms with van der Waals surface area (Å²) in [6.07, 6.45) is 10.8. The van der Waals surface area contributed by atoms with Crippen LogP contribution < -0.4 is 30.6 Å². The molecule has 0 unspecified atom stereocenters. The Bertz CT molecular complexity index is 1170. The average Bonchev–Trinajstić information content (AvgIpc) is 3.58. The van der Waals surface area contributed by atoms with Crippen molar-refractivity contribution < 1.29 is 14.2 Å². The number of hydrogen-bond acceptors (Lipinski definition) is 9. The van der Waals surface area contributed by atoms with Gasteiger partial charge in [-0.2, -0.15) is 9.97 Å². The molecule has 38 heavy (non-hydrogen) atoms. The second kappa shape index (κ2) is 13.4. The first kappa shape index (κ1) is 29.9. The summed E-state index contributed by atoms with van der Waals surface area (Å²) in [5, 5.41) is 7.07. The second-order valence-electron chi connectivity index (χ2n) is 9.80. The summed E-state index contributed by atoms with van der Waals surface area (Å²) >= 11 is 0. The maximum Gasteiger partial charge on any atom is 0.227 e. The third kappa shape index (κ3) is 6.30. The van der Waals surface area contributed by atoms with E-state index in [0.717, 1.165) is 55.3 Å². The van der Waals surface area contributed by atoms with Crippen LogP contribution in [0.5, 0.6) is 17.2 Å². The molecule has 2 aliphatic carbocycles. The standard InChI is InChI=1S/C26H37N7O3.2ClH/c1-34-20-12-16(13-21(35-2)23(20)36-3)14-28-24-22-25(33(15-29-22)19-6-4-5-7-19)32-26(31-24)30-18-10-8-17(27)9-11-18;;/h12-13,15,17-19H,4-11,14,27H2,1-3H3,(H2,28,30,31,32);2*1H. The molecule has 0 saturated heterocycles. The van der Waals surface area contributed by atoms with Gasteiger partial charge in [0.25, 0.3) is 0 Å². The largest absolute Gasteiger partial charge is 0.493 e. The first-order chi connectivity index (χ1) is 17.6. The number of benzene rings is 1. The quantitative estimate of drug-likeness (QED) is 0.324. The zero-order valence-electron chi connectivity index (χ0n) is 22.2. The summed E-state index contributed by atoms with van der Waals surface area (Å²) in [4.78, 5) is 14.5. The van der Waals surface area contributed by atoms with E-state index in [1.807, 2.05) is 18.5 Å². The highest BCUT2D eigenvalue weighted by atomic mass is 35.5. The lowest BCUT2D eigenvalue weighted by Crippen LogP contribution is -2.33. The zero-order chi connectivity index (χ0) is 25.1. The molecule has 2 heterocycles. The van der Waals surface area contributed by atoms with Gasteiger partial charge >= 0.3 is 0 Å². The predicted molar refractivity (Wildman–Crippen MR) is 155 cm³/mol. The number of rotatable bonds is 9. The molecule has 0 amide bonds. The lowest BCUT2D eigenvalue weighted by atomic mass is 9.92. The minimum Gasteiger partial charge on any atom is -0.493 e. The zero-order valence-corrected chi connectivity index (χ0v) is 23.9. The highest BCUT2D eigenvalue weighted by Gasteiger charge is 2.24. The fourth-order valence-electron chi connectivity index (χ4n) is 5.42. The summed E-state index contributed by atoms with van der Waals surface area (Å²) < 4.78 is 18.7. The van der Waals surface area contributed by atoms with Gasteiger partial charge in [-0.05, 0) is 56.2 Å². The Morgan fingerprint density at radius 3 is 2.18 bits per heavy atom. The number of nitrogens with zero attached hydrogens (tertiary/aromatic N) is 4. The van der Waals surface area contributed by atoms with Gasteiger partial charge < -0.3 is 35.1 Å². The molecule has 1 aromatic carbocycles.